The number of fused-ring (bicyclic) bond motifs is 2. The number of nitrogens with zero attached hydrogens (tertiary/aromatic N) is 1. The third-order valence-electron chi connectivity index (χ3n) is 2.10. The molecule has 0 aromatic rings. The fourth-order valence-corrected chi connectivity index (χ4v) is 1.59. The highest BCUT2D eigenvalue weighted by Gasteiger charge is 2.35. The average Bonchev–Trinajstić information content (AvgIpc) is 2.23. The third-order valence-corrected chi connectivity index (χ3v) is 2.10. The number of piperazine rings is 1. The molecule has 0 aliphatic carbocycles. The molecule has 0 aromatic heterocycles. The monoisotopic (exact) mass is 113 g/mol. The normalized spacial score (nSPS) is 46.1. The number of hydrogen-bond donors (Lipinski definition) is 2. The van der Waals surface area contributed by atoms with Crippen LogP contribution in [-0.2, 0) is 0 Å². The van der Waals surface area contributed by atoms with Crippen molar-refractivity contribution in [2.45, 2.75) is 18.5 Å². The summed E-state index contributed by atoms with van der Waals surface area (Å²) in [6.07, 6.45) is 1.26. The highest BCUT2D eigenvalue weighted by Crippen LogP contribution is 2.18. The zero-order valence-corrected chi connectivity index (χ0v) is 4.80. The van der Waals surface area contributed by atoms with Gasteiger partial charge in [-0.1, -0.05) is 0 Å². The van der Waals surface area contributed by atoms with Crippen LogP contribution in [-0.4, -0.2) is 30.2 Å². The van der Waals surface area contributed by atoms with Gasteiger partial charge in [-0.2, -0.15) is 0 Å². The SMILES string of the molecule is NN1CC2CC1CN2. The molecule has 2 bridgehead atoms. The van der Waals surface area contributed by atoms with Gasteiger partial charge in [0, 0.05) is 25.2 Å². The van der Waals surface area contributed by atoms with E-state index in [4.69, 9.17) is 5.84 Å². The van der Waals surface area contributed by atoms with Crippen LogP contribution >= 0.6 is 0 Å². The Morgan fingerprint density at radius 1 is 1.62 bits per heavy atom. The lowest BCUT2D eigenvalue weighted by molar-refractivity contribution is 0.232. The van der Waals surface area contributed by atoms with E-state index in [1.54, 1.807) is 0 Å². The molecule has 3 N–H and O–H groups in total. The molecular formula is C5H11N3. The van der Waals surface area contributed by atoms with Gasteiger partial charge >= 0.3 is 0 Å². The van der Waals surface area contributed by atoms with E-state index >= 15 is 0 Å². The van der Waals surface area contributed by atoms with Crippen LogP contribution in [0.15, 0.2) is 0 Å². The Morgan fingerprint density at radius 3 is 2.75 bits per heavy atom. The van der Waals surface area contributed by atoms with Crippen LogP contribution in [0, 0.1) is 0 Å². The maximum absolute atomic E-state index is 5.61. The number of nitrogens with one attached hydrogen (secondary N) is 1. The van der Waals surface area contributed by atoms with Gasteiger partial charge in [-0.25, -0.2) is 5.01 Å². The first-order valence-electron chi connectivity index (χ1n) is 3.11. The highest BCUT2D eigenvalue weighted by molar-refractivity contribution is 4.94. The van der Waals surface area contributed by atoms with Gasteiger partial charge in [0.15, 0.2) is 0 Å². The van der Waals surface area contributed by atoms with E-state index in [1.165, 1.54) is 6.42 Å². The fourth-order valence-electron chi connectivity index (χ4n) is 1.59. The number of hydrogen-bond acceptors (Lipinski definition) is 3. The van der Waals surface area contributed by atoms with E-state index in [0.29, 0.717) is 12.1 Å². The zero-order valence-electron chi connectivity index (χ0n) is 4.80. The minimum atomic E-state index is 0.639. The average molecular weight is 113 g/mol. The second-order valence-electron chi connectivity index (χ2n) is 2.69. The van der Waals surface area contributed by atoms with Gasteiger partial charge in [0.2, 0.25) is 0 Å². The van der Waals surface area contributed by atoms with Crippen molar-refractivity contribution in [2.75, 3.05) is 13.1 Å². The second kappa shape index (κ2) is 1.43. The van der Waals surface area contributed by atoms with Crippen LogP contribution in [0.25, 0.3) is 0 Å². The van der Waals surface area contributed by atoms with Crippen molar-refractivity contribution in [1.82, 2.24) is 10.3 Å². The van der Waals surface area contributed by atoms with Gasteiger partial charge in [0.25, 0.3) is 0 Å². The lowest BCUT2D eigenvalue weighted by Crippen LogP contribution is -2.47. The fraction of sp³-hybridized carbons (Fsp3) is 1.00. The van der Waals surface area contributed by atoms with Crippen LogP contribution in [0.5, 0.6) is 0 Å². The van der Waals surface area contributed by atoms with E-state index in [9.17, 15) is 0 Å². The summed E-state index contributed by atoms with van der Waals surface area (Å²) in [6.45, 7) is 2.14. The van der Waals surface area contributed by atoms with Crippen molar-refractivity contribution in [3.05, 3.63) is 0 Å². The van der Waals surface area contributed by atoms with Crippen molar-refractivity contribution in [1.29, 1.82) is 0 Å². The molecule has 0 amide bonds. The van der Waals surface area contributed by atoms with Crippen LogP contribution in [0.3, 0.4) is 0 Å². The van der Waals surface area contributed by atoms with Crippen LogP contribution in [0.1, 0.15) is 6.42 Å². The second-order valence-corrected chi connectivity index (χ2v) is 2.69. The van der Waals surface area contributed by atoms with Gasteiger partial charge in [0.05, 0.1) is 0 Å². The Morgan fingerprint density at radius 2 is 2.50 bits per heavy atom. The number of nitrogens with two attached hydrogens (primary N) is 1. The van der Waals surface area contributed by atoms with Crippen molar-refractivity contribution in [2.24, 2.45) is 5.84 Å². The summed E-state index contributed by atoms with van der Waals surface area (Å²) in [5.41, 5.74) is 0. The van der Waals surface area contributed by atoms with Gasteiger partial charge in [-0.15, -0.1) is 0 Å². The van der Waals surface area contributed by atoms with E-state index in [2.05, 4.69) is 5.32 Å². The van der Waals surface area contributed by atoms with Crippen molar-refractivity contribution in [3.63, 3.8) is 0 Å². The Bertz CT molecular complexity index is 102. The lowest BCUT2D eigenvalue weighted by Gasteiger charge is -2.21. The molecule has 3 heteroatoms. The molecule has 0 aromatic carbocycles. The third kappa shape index (κ3) is 0.491. The number of rotatable bonds is 0. The zero-order chi connectivity index (χ0) is 5.56. The summed E-state index contributed by atoms with van der Waals surface area (Å²) in [5.74, 6) is 5.61. The van der Waals surface area contributed by atoms with E-state index in [-0.39, 0.29) is 0 Å². The Labute approximate surface area is 48.8 Å². The van der Waals surface area contributed by atoms with E-state index in [0.717, 1.165) is 13.1 Å². The number of hydrazine groups is 1. The first-order valence-corrected chi connectivity index (χ1v) is 3.11. The minimum Gasteiger partial charge on any atom is -0.311 e. The standard InChI is InChI=1S/C5H11N3/c6-8-3-4-1-5(8)2-7-4/h4-5,7H,1-3,6H2. The van der Waals surface area contributed by atoms with Crippen molar-refractivity contribution < 1.29 is 0 Å². The highest BCUT2D eigenvalue weighted by atomic mass is 15.5. The summed E-state index contributed by atoms with van der Waals surface area (Å²) in [5, 5.41) is 5.31. The first-order chi connectivity index (χ1) is 3.86. The lowest BCUT2D eigenvalue weighted by atomic mass is 10.2. The van der Waals surface area contributed by atoms with E-state index < -0.39 is 0 Å². The molecule has 2 fully saturated rings. The summed E-state index contributed by atoms with van der Waals surface area (Å²) in [6, 6.07) is 1.34. The molecule has 0 radical (unpaired) electrons. The molecule has 2 atom stereocenters. The Hall–Kier alpha value is -0.120. The van der Waals surface area contributed by atoms with Gasteiger partial charge in [-0.05, 0) is 6.42 Å². The van der Waals surface area contributed by atoms with Gasteiger partial charge in [-0.3, -0.25) is 5.84 Å². The molecule has 2 aliphatic rings. The summed E-state index contributed by atoms with van der Waals surface area (Å²) >= 11 is 0. The smallest absolute Gasteiger partial charge is 0.0381 e. The Kier molecular flexibility index (Phi) is 0.848. The quantitative estimate of drug-likeness (QED) is 0.392. The molecule has 8 heavy (non-hydrogen) atoms. The van der Waals surface area contributed by atoms with Gasteiger partial charge in [0.1, 0.15) is 0 Å². The van der Waals surface area contributed by atoms with Crippen LogP contribution in [0.4, 0.5) is 0 Å². The van der Waals surface area contributed by atoms with Crippen LogP contribution < -0.4 is 11.2 Å². The first kappa shape index (κ1) is 4.73. The predicted octanol–water partition coefficient (Wildman–Crippen LogP) is -1.09. The molecular weight excluding hydrogens is 102 g/mol. The molecule has 2 saturated heterocycles. The molecule has 46 valence electrons. The predicted molar refractivity (Wildman–Crippen MR) is 31.1 cm³/mol. The summed E-state index contributed by atoms with van der Waals surface area (Å²) < 4.78 is 0. The largest absolute Gasteiger partial charge is 0.311 e. The maximum atomic E-state index is 5.61. The van der Waals surface area contributed by atoms with Gasteiger partial charge < -0.3 is 5.32 Å². The molecule has 3 nitrogen and oxygen atoms in total. The molecule has 0 spiro atoms. The minimum absolute atomic E-state index is 0.639. The molecule has 2 rings (SSSR count). The van der Waals surface area contributed by atoms with Crippen molar-refractivity contribution in [3.8, 4) is 0 Å². The van der Waals surface area contributed by atoms with E-state index in [1.807, 2.05) is 5.01 Å². The maximum Gasteiger partial charge on any atom is 0.0381 e. The molecule has 2 heterocycles. The summed E-state index contributed by atoms with van der Waals surface area (Å²) in [7, 11) is 0. The Balaban J connectivity index is 2.11. The summed E-state index contributed by atoms with van der Waals surface area (Å²) in [4.78, 5) is 0. The molecule has 2 unspecified atom stereocenters. The molecule has 0 saturated carbocycles. The molecule has 2 aliphatic heterocycles. The van der Waals surface area contributed by atoms with Crippen molar-refractivity contribution >= 4 is 0 Å². The topological polar surface area (TPSA) is 41.3 Å². The van der Waals surface area contributed by atoms with Crippen LogP contribution in [0.2, 0.25) is 0 Å².